The predicted molar refractivity (Wildman–Crippen MR) is 114 cm³/mol. The highest BCUT2D eigenvalue weighted by molar-refractivity contribution is 9.10. The topological polar surface area (TPSA) is 105 Å². The van der Waals surface area contributed by atoms with Crippen LogP contribution in [0.4, 0.5) is 0 Å². The molecule has 8 heteroatoms. The van der Waals surface area contributed by atoms with Crippen LogP contribution in [-0.2, 0) is 20.7 Å². The van der Waals surface area contributed by atoms with Gasteiger partial charge in [0.2, 0.25) is 5.91 Å². The molecule has 1 aliphatic heterocycles. The van der Waals surface area contributed by atoms with E-state index in [0.717, 1.165) is 4.47 Å². The normalized spacial score (nSPS) is 21.8. The summed E-state index contributed by atoms with van der Waals surface area (Å²) in [6, 6.07) is 12.2. The molecule has 2 aromatic rings. The van der Waals surface area contributed by atoms with E-state index in [9.17, 15) is 19.5 Å². The number of aromatic hydroxyl groups is 1. The Morgan fingerprint density at radius 2 is 1.97 bits per heavy atom. The Bertz CT molecular complexity index is 962. The van der Waals surface area contributed by atoms with Crippen LogP contribution in [0.25, 0.3) is 0 Å². The molecule has 30 heavy (non-hydrogen) atoms. The first-order chi connectivity index (χ1) is 14.2. The molecule has 0 radical (unpaired) electrons. The molecule has 0 aliphatic carbocycles. The van der Waals surface area contributed by atoms with Crippen LogP contribution in [0.2, 0.25) is 0 Å². The van der Waals surface area contributed by atoms with Gasteiger partial charge in [0.25, 0.3) is 5.91 Å². The number of rotatable bonds is 6. The monoisotopic (exact) mass is 474 g/mol. The second-order valence-electron chi connectivity index (χ2n) is 7.47. The van der Waals surface area contributed by atoms with Gasteiger partial charge in [-0.25, -0.2) is 0 Å². The van der Waals surface area contributed by atoms with Crippen LogP contribution in [-0.4, -0.2) is 47.0 Å². The number of hydrogen-bond acceptors (Lipinski definition) is 5. The first-order valence-electron chi connectivity index (χ1n) is 9.50. The predicted octanol–water partition coefficient (Wildman–Crippen LogP) is 2.36. The molecule has 0 bridgehead atoms. The number of Topliss-reactive ketones (excluding diaryl/α,β-unsaturated/α-hetero) is 1. The van der Waals surface area contributed by atoms with E-state index >= 15 is 0 Å². The molecule has 3 unspecified atom stereocenters. The van der Waals surface area contributed by atoms with Gasteiger partial charge in [-0.15, -0.1) is 0 Å². The van der Waals surface area contributed by atoms with E-state index < -0.39 is 29.5 Å². The maximum absolute atomic E-state index is 13.1. The first-order valence-corrected chi connectivity index (χ1v) is 10.3. The van der Waals surface area contributed by atoms with E-state index in [1.54, 1.807) is 50.2 Å². The molecule has 1 aliphatic rings. The fraction of sp³-hybridized carbons (Fsp3) is 0.318. The zero-order valence-corrected chi connectivity index (χ0v) is 18.2. The van der Waals surface area contributed by atoms with Crippen LogP contribution < -0.4 is 10.6 Å². The van der Waals surface area contributed by atoms with E-state index in [4.69, 9.17) is 4.74 Å². The van der Waals surface area contributed by atoms with Gasteiger partial charge >= 0.3 is 0 Å². The Hall–Kier alpha value is -2.71. The summed E-state index contributed by atoms with van der Waals surface area (Å²) in [6.45, 7) is 3.27. The molecule has 1 heterocycles. The third-order valence-corrected chi connectivity index (χ3v) is 5.85. The average molecular weight is 475 g/mol. The Morgan fingerprint density at radius 1 is 1.27 bits per heavy atom. The number of halogens is 1. The third-order valence-electron chi connectivity index (χ3n) is 5.32. The molecule has 0 saturated carbocycles. The van der Waals surface area contributed by atoms with Crippen LogP contribution in [0.3, 0.4) is 0 Å². The molecule has 1 fully saturated rings. The van der Waals surface area contributed by atoms with Crippen molar-refractivity contribution in [2.24, 2.45) is 0 Å². The number of hydrogen-bond donors (Lipinski definition) is 3. The molecule has 0 spiro atoms. The van der Waals surface area contributed by atoms with Gasteiger partial charge in [-0.05, 0) is 55.8 Å². The Labute approximate surface area is 182 Å². The number of ketones is 1. The first kappa shape index (κ1) is 22.0. The Morgan fingerprint density at radius 3 is 2.57 bits per heavy atom. The molecule has 158 valence electrons. The molecule has 0 aromatic heterocycles. The molecule has 2 aromatic carbocycles. The lowest BCUT2D eigenvalue weighted by atomic mass is 9.92. The van der Waals surface area contributed by atoms with E-state index in [2.05, 4.69) is 26.6 Å². The Balaban J connectivity index is 1.82. The van der Waals surface area contributed by atoms with Crippen molar-refractivity contribution in [3.63, 3.8) is 0 Å². The van der Waals surface area contributed by atoms with Crippen molar-refractivity contribution in [2.75, 3.05) is 6.61 Å². The quantitative estimate of drug-likeness (QED) is 0.595. The molecule has 3 rings (SSSR count). The van der Waals surface area contributed by atoms with Gasteiger partial charge in [-0.2, -0.15) is 0 Å². The summed E-state index contributed by atoms with van der Waals surface area (Å²) in [7, 11) is 0. The summed E-state index contributed by atoms with van der Waals surface area (Å²) >= 11 is 3.32. The fourth-order valence-corrected chi connectivity index (χ4v) is 3.49. The number of carbonyl (C=O) groups is 3. The van der Waals surface area contributed by atoms with Crippen LogP contribution in [0.1, 0.15) is 29.8 Å². The molecule has 7 nitrogen and oxygen atoms in total. The van der Waals surface area contributed by atoms with Crippen molar-refractivity contribution in [1.29, 1.82) is 0 Å². The van der Waals surface area contributed by atoms with Crippen molar-refractivity contribution in [1.82, 2.24) is 10.6 Å². The van der Waals surface area contributed by atoms with Gasteiger partial charge in [0.1, 0.15) is 23.9 Å². The van der Waals surface area contributed by atoms with Crippen LogP contribution in [0.5, 0.6) is 5.75 Å². The SMILES string of the molecule is CC1OCC(=O)C1(C)NC(=O)C(Cc1cccc(O)c1)NC(=O)c1ccc(Br)cc1. The van der Waals surface area contributed by atoms with Gasteiger partial charge in [-0.3, -0.25) is 14.4 Å². The number of phenolic OH excluding ortho intramolecular Hbond substituents is 1. The number of amides is 2. The van der Waals surface area contributed by atoms with Gasteiger partial charge in [0.05, 0.1) is 6.10 Å². The van der Waals surface area contributed by atoms with Gasteiger partial charge < -0.3 is 20.5 Å². The summed E-state index contributed by atoms with van der Waals surface area (Å²) in [4.78, 5) is 38.1. The number of phenols is 1. The second-order valence-corrected chi connectivity index (χ2v) is 8.39. The van der Waals surface area contributed by atoms with Crippen molar-refractivity contribution >= 4 is 33.5 Å². The molecule has 3 N–H and O–H groups in total. The largest absolute Gasteiger partial charge is 0.508 e. The number of ether oxygens (including phenoxy) is 1. The zero-order chi connectivity index (χ0) is 21.9. The van der Waals surface area contributed by atoms with Gasteiger partial charge in [0, 0.05) is 16.5 Å². The highest BCUT2D eigenvalue weighted by atomic mass is 79.9. The van der Waals surface area contributed by atoms with Gasteiger partial charge in [0.15, 0.2) is 5.78 Å². The molecular weight excluding hydrogens is 452 g/mol. The van der Waals surface area contributed by atoms with Gasteiger partial charge in [-0.1, -0.05) is 28.1 Å². The smallest absolute Gasteiger partial charge is 0.251 e. The van der Waals surface area contributed by atoms with E-state index in [0.29, 0.717) is 11.1 Å². The molecular formula is C22H23BrN2O5. The van der Waals surface area contributed by atoms with Crippen LogP contribution in [0, 0.1) is 0 Å². The second kappa shape index (κ2) is 8.97. The lowest BCUT2D eigenvalue weighted by Gasteiger charge is -2.30. The fourth-order valence-electron chi connectivity index (χ4n) is 3.23. The van der Waals surface area contributed by atoms with E-state index in [1.807, 2.05) is 0 Å². The van der Waals surface area contributed by atoms with Crippen molar-refractivity contribution in [3.05, 3.63) is 64.1 Å². The average Bonchev–Trinajstić information content (AvgIpc) is 2.95. The lowest BCUT2D eigenvalue weighted by molar-refractivity contribution is -0.130. The molecule has 3 atom stereocenters. The minimum absolute atomic E-state index is 0.0610. The van der Waals surface area contributed by atoms with Crippen LogP contribution in [0.15, 0.2) is 53.0 Å². The van der Waals surface area contributed by atoms with Crippen LogP contribution >= 0.6 is 15.9 Å². The van der Waals surface area contributed by atoms with Crippen molar-refractivity contribution in [3.8, 4) is 5.75 Å². The number of carbonyl (C=O) groups excluding carboxylic acids is 3. The zero-order valence-electron chi connectivity index (χ0n) is 16.6. The van der Waals surface area contributed by atoms with E-state index in [1.165, 1.54) is 12.1 Å². The number of benzene rings is 2. The molecule has 2 amide bonds. The van der Waals surface area contributed by atoms with E-state index in [-0.39, 0.29) is 24.6 Å². The summed E-state index contributed by atoms with van der Waals surface area (Å²) < 4.78 is 6.20. The summed E-state index contributed by atoms with van der Waals surface area (Å²) in [5, 5.41) is 15.2. The summed E-state index contributed by atoms with van der Waals surface area (Å²) in [5.41, 5.74) is -0.110. The van der Waals surface area contributed by atoms with Crippen molar-refractivity contribution in [2.45, 2.75) is 38.0 Å². The maximum Gasteiger partial charge on any atom is 0.251 e. The number of nitrogens with one attached hydrogen (secondary N) is 2. The highest BCUT2D eigenvalue weighted by Crippen LogP contribution is 2.23. The van der Waals surface area contributed by atoms with Crippen molar-refractivity contribution < 1.29 is 24.2 Å². The minimum Gasteiger partial charge on any atom is -0.508 e. The minimum atomic E-state index is -1.17. The highest BCUT2D eigenvalue weighted by Gasteiger charge is 2.47. The Kier molecular flexibility index (Phi) is 6.58. The lowest BCUT2D eigenvalue weighted by Crippen LogP contribution is -2.60. The maximum atomic E-state index is 13.1. The standard InChI is InChI=1S/C22H23BrN2O5/c1-13-22(2,19(27)12-30-13)25-21(29)18(11-14-4-3-5-17(26)10-14)24-20(28)15-6-8-16(23)9-7-15/h3-10,13,18,26H,11-12H2,1-2H3,(H,24,28)(H,25,29). The summed E-state index contributed by atoms with van der Waals surface area (Å²) in [6.07, 6.45) is -0.348. The molecule has 1 saturated heterocycles. The summed E-state index contributed by atoms with van der Waals surface area (Å²) in [5.74, 6) is -1.09. The third kappa shape index (κ3) is 4.88.